The number of methoxy groups -OCH3 is 1. The lowest BCUT2D eigenvalue weighted by Gasteiger charge is -2.21. The number of esters is 1. The molecule has 1 heterocycles. The summed E-state index contributed by atoms with van der Waals surface area (Å²) < 4.78 is 41.1. The molecule has 8 nitrogen and oxygen atoms in total. The highest BCUT2D eigenvalue weighted by atomic mass is 31.2. The minimum atomic E-state index is -3.76. The number of aliphatic hydroxyl groups is 1. The standard InChI is InChI=1S/C27H29O8P/c1-19-23-17-33-27(29)24(23)26(32-15-20-9-5-3-6-10-20)22(25(19)31-2)13-14-34-36(30,18-28)35-16-21-11-7-4-8-12-21/h3-12,28H,13-18H2,1-2H3. The number of rotatable bonds is 12. The van der Waals surface area contributed by atoms with Crippen molar-refractivity contribution in [1.82, 2.24) is 0 Å². The van der Waals surface area contributed by atoms with Gasteiger partial charge in [0, 0.05) is 17.5 Å². The quantitative estimate of drug-likeness (QED) is 0.262. The summed E-state index contributed by atoms with van der Waals surface area (Å²) in [5.41, 5.74) is 4.18. The van der Waals surface area contributed by atoms with E-state index < -0.39 is 19.9 Å². The van der Waals surface area contributed by atoms with Crippen molar-refractivity contribution >= 4 is 13.6 Å². The smallest absolute Gasteiger partial charge is 0.356 e. The van der Waals surface area contributed by atoms with Crippen molar-refractivity contribution in [2.45, 2.75) is 33.2 Å². The monoisotopic (exact) mass is 512 g/mol. The molecule has 36 heavy (non-hydrogen) atoms. The molecule has 1 atom stereocenters. The van der Waals surface area contributed by atoms with Crippen LogP contribution in [0.15, 0.2) is 60.7 Å². The van der Waals surface area contributed by atoms with Crippen LogP contribution in [-0.2, 0) is 44.6 Å². The third-order valence-corrected chi connectivity index (χ3v) is 7.38. The van der Waals surface area contributed by atoms with E-state index in [-0.39, 0.29) is 32.8 Å². The molecule has 9 heteroatoms. The van der Waals surface area contributed by atoms with E-state index in [1.54, 1.807) is 7.11 Å². The highest BCUT2D eigenvalue weighted by Gasteiger charge is 2.34. The van der Waals surface area contributed by atoms with Crippen LogP contribution >= 0.6 is 7.60 Å². The number of carbonyl (C=O) groups is 1. The van der Waals surface area contributed by atoms with Crippen LogP contribution in [0.5, 0.6) is 11.5 Å². The molecule has 0 bridgehead atoms. The number of hydrogen-bond acceptors (Lipinski definition) is 8. The Hall–Kier alpha value is -3.16. The summed E-state index contributed by atoms with van der Waals surface area (Å²) in [7, 11) is -2.22. The van der Waals surface area contributed by atoms with Crippen LogP contribution in [0, 0.1) is 6.92 Å². The summed E-state index contributed by atoms with van der Waals surface area (Å²) in [6.07, 6.45) is -0.558. The van der Waals surface area contributed by atoms with E-state index >= 15 is 0 Å². The first-order chi connectivity index (χ1) is 17.5. The number of cyclic esters (lactones) is 1. The molecule has 0 spiro atoms. The second-order valence-electron chi connectivity index (χ2n) is 8.26. The Labute approximate surface area is 210 Å². The molecule has 1 aliphatic heterocycles. The fraction of sp³-hybridized carbons (Fsp3) is 0.296. The summed E-state index contributed by atoms with van der Waals surface area (Å²) in [6.45, 7) is 2.21. The minimum absolute atomic E-state index is 0.0389. The van der Waals surface area contributed by atoms with Crippen LogP contribution in [0.2, 0.25) is 0 Å². The molecule has 0 aromatic heterocycles. The number of benzene rings is 3. The average Bonchev–Trinajstić information content (AvgIpc) is 3.30. The summed E-state index contributed by atoms with van der Waals surface area (Å²) in [6, 6.07) is 18.8. The van der Waals surface area contributed by atoms with E-state index in [0.29, 0.717) is 22.6 Å². The van der Waals surface area contributed by atoms with Crippen molar-refractivity contribution in [2.75, 3.05) is 20.1 Å². The summed E-state index contributed by atoms with van der Waals surface area (Å²) in [5, 5.41) is 9.71. The normalized spacial score (nSPS) is 14.1. The topological polar surface area (TPSA) is 101 Å². The molecule has 3 aromatic rings. The zero-order valence-corrected chi connectivity index (χ0v) is 21.2. The Kier molecular flexibility index (Phi) is 8.44. The van der Waals surface area contributed by atoms with Gasteiger partial charge in [0.1, 0.15) is 36.6 Å². The molecule has 190 valence electrons. The van der Waals surface area contributed by atoms with Crippen LogP contribution in [0.4, 0.5) is 0 Å². The van der Waals surface area contributed by atoms with Crippen molar-refractivity contribution < 1.29 is 37.7 Å². The molecular weight excluding hydrogens is 483 g/mol. The zero-order chi connectivity index (χ0) is 25.5. The van der Waals surface area contributed by atoms with Gasteiger partial charge in [-0.1, -0.05) is 60.7 Å². The molecule has 0 saturated carbocycles. The Morgan fingerprint density at radius 3 is 2.19 bits per heavy atom. The van der Waals surface area contributed by atoms with E-state index in [1.165, 1.54) is 0 Å². The SMILES string of the molecule is COc1c(C)c2c(c(OCc3ccccc3)c1CCOP(=O)(CO)OCc1ccccc1)C(=O)OC2. The van der Waals surface area contributed by atoms with Gasteiger partial charge in [-0.3, -0.25) is 4.57 Å². The van der Waals surface area contributed by atoms with Crippen molar-refractivity contribution in [1.29, 1.82) is 0 Å². The molecule has 4 rings (SSSR count). The maximum atomic E-state index is 13.0. The molecule has 3 aromatic carbocycles. The fourth-order valence-corrected chi connectivity index (χ4v) is 5.05. The first-order valence-corrected chi connectivity index (χ1v) is 13.3. The van der Waals surface area contributed by atoms with Crippen LogP contribution < -0.4 is 9.47 Å². The number of fused-ring (bicyclic) bond motifs is 1. The second kappa shape index (κ2) is 11.7. The Morgan fingerprint density at radius 1 is 0.944 bits per heavy atom. The van der Waals surface area contributed by atoms with Crippen molar-refractivity contribution in [3.05, 3.63) is 94.0 Å². The maximum absolute atomic E-state index is 13.0. The second-order valence-corrected chi connectivity index (χ2v) is 10.3. The lowest BCUT2D eigenvalue weighted by molar-refractivity contribution is 0.0531. The molecule has 0 amide bonds. The van der Waals surface area contributed by atoms with Gasteiger partial charge in [-0.05, 0) is 23.6 Å². The van der Waals surface area contributed by atoms with Gasteiger partial charge in [-0.15, -0.1) is 0 Å². The van der Waals surface area contributed by atoms with Crippen LogP contribution in [0.1, 0.15) is 38.2 Å². The third kappa shape index (κ3) is 5.79. The van der Waals surface area contributed by atoms with E-state index in [4.69, 9.17) is 23.3 Å². The number of ether oxygens (including phenoxy) is 3. The van der Waals surface area contributed by atoms with Gasteiger partial charge in [0.05, 0.1) is 20.3 Å². The largest absolute Gasteiger partial charge is 0.496 e. The minimum Gasteiger partial charge on any atom is -0.496 e. The molecule has 0 radical (unpaired) electrons. The molecule has 0 fully saturated rings. The summed E-state index contributed by atoms with van der Waals surface area (Å²) in [5.74, 6) is 0.433. The van der Waals surface area contributed by atoms with E-state index in [9.17, 15) is 14.5 Å². The van der Waals surface area contributed by atoms with E-state index in [0.717, 1.165) is 22.3 Å². The van der Waals surface area contributed by atoms with Crippen molar-refractivity contribution in [3.63, 3.8) is 0 Å². The molecule has 1 unspecified atom stereocenters. The lowest BCUT2D eigenvalue weighted by Crippen LogP contribution is -2.11. The fourth-order valence-electron chi connectivity index (χ4n) is 4.09. The van der Waals surface area contributed by atoms with Gasteiger partial charge in [-0.25, -0.2) is 4.79 Å². The number of hydrogen-bond donors (Lipinski definition) is 1. The predicted molar refractivity (Wildman–Crippen MR) is 133 cm³/mol. The van der Waals surface area contributed by atoms with Crippen LogP contribution in [-0.4, -0.2) is 31.1 Å². The Morgan fingerprint density at radius 2 is 1.58 bits per heavy atom. The van der Waals surface area contributed by atoms with Gasteiger partial charge in [-0.2, -0.15) is 0 Å². The highest BCUT2D eigenvalue weighted by molar-refractivity contribution is 7.53. The van der Waals surface area contributed by atoms with Gasteiger partial charge in [0.25, 0.3) is 0 Å². The van der Waals surface area contributed by atoms with Crippen molar-refractivity contribution in [2.24, 2.45) is 0 Å². The first kappa shape index (κ1) is 25.9. The average molecular weight is 512 g/mol. The van der Waals surface area contributed by atoms with E-state index in [1.807, 2.05) is 67.6 Å². The third-order valence-electron chi connectivity index (χ3n) is 5.94. The molecule has 0 aliphatic carbocycles. The van der Waals surface area contributed by atoms with Crippen LogP contribution in [0.3, 0.4) is 0 Å². The summed E-state index contributed by atoms with van der Waals surface area (Å²) >= 11 is 0. The Balaban J connectivity index is 1.56. The molecule has 1 aliphatic rings. The lowest BCUT2D eigenvalue weighted by atomic mass is 9.95. The molecular formula is C27H29O8P. The van der Waals surface area contributed by atoms with Crippen LogP contribution in [0.25, 0.3) is 0 Å². The Bertz CT molecular complexity index is 1240. The summed E-state index contributed by atoms with van der Waals surface area (Å²) in [4.78, 5) is 12.6. The molecule has 0 saturated heterocycles. The van der Waals surface area contributed by atoms with Gasteiger partial charge < -0.3 is 28.4 Å². The highest BCUT2D eigenvalue weighted by Crippen LogP contribution is 2.49. The number of carbonyl (C=O) groups excluding carboxylic acids is 1. The maximum Gasteiger partial charge on any atom is 0.356 e. The number of aliphatic hydroxyl groups excluding tert-OH is 1. The first-order valence-electron chi connectivity index (χ1n) is 11.5. The predicted octanol–water partition coefficient (Wildman–Crippen LogP) is 5.17. The van der Waals surface area contributed by atoms with Gasteiger partial charge in [0.15, 0.2) is 0 Å². The van der Waals surface area contributed by atoms with Gasteiger partial charge >= 0.3 is 13.6 Å². The molecule has 1 N–H and O–H groups in total. The van der Waals surface area contributed by atoms with Crippen molar-refractivity contribution in [3.8, 4) is 11.5 Å². The van der Waals surface area contributed by atoms with Gasteiger partial charge in [0.2, 0.25) is 0 Å². The van der Waals surface area contributed by atoms with E-state index in [2.05, 4.69) is 0 Å². The zero-order valence-electron chi connectivity index (χ0n) is 20.3.